The van der Waals surface area contributed by atoms with Crippen LogP contribution in [0.15, 0.2) is 107 Å². The number of esters is 1. The van der Waals surface area contributed by atoms with E-state index in [4.69, 9.17) is 19.8 Å². The number of nitrogens with zero attached hydrogens (tertiary/aromatic N) is 5. The van der Waals surface area contributed by atoms with Crippen LogP contribution < -0.4 is 10.2 Å². The van der Waals surface area contributed by atoms with Gasteiger partial charge in [0.2, 0.25) is 0 Å². The number of phenols is 2. The fourth-order valence-electron chi connectivity index (χ4n) is 5.61. The number of fused-ring (bicyclic) bond motifs is 4. The van der Waals surface area contributed by atoms with Crippen molar-refractivity contribution in [1.82, 2.24) is 9.78 Å². The first-order valence-corrected chi connectivity index (χ1v) is 14.2. The van der Waals surface area contributed by atoms with Crippen molar-refractivity contribution in [3.05, 3.63) is 119 Å². The minimum absolute atomic E-state index is 0.204. The summed E-state index contributed by atoms with van der Waals surface area (Å²) in [5, 5.41) is 29.1. The summed E-state index contributed by atoms with van der Waals surface area (Å²) in [6.45, 7) is 4.01. The largest absolute Gasteiger partial charge is 0.504 e. The lowest BCUT2D eigenvalue weighted by Gasteiger charge is -2.40. The number of benzene rings is 4. The van der Waals surface area contributed by atoms with E-state index in [0.29, 0.717) is 35.3 Å². The average molecular weight is 585 g/mol. The minimum atomic E-state index is -0.471. The zero-order chi connectivity index (χ0) is 30.4. The Morgan fingerprint density at radius 2 is 1.66 bits per heavy atom. The number of aromatic nitrogens is 2. The van der Waals surface area contributed by atoms with E-state index in [1.165, 1.54) is 6.07 Å². The number of phenolic OH excluding ortho intramolecular Hbond substituents is 2. The van der Waals surface area contributed by atoms with E-state index in [1.807, 2.05) is 66.2 Å². The quantitative estimate of drug-likeness (QED) is 0.158. The molecule has 3 N–H and O–H groups in total. The second-order valence-electron chi connectivity index (χ2n) is 10.4. The molecule has 0 aliphatic carbocycles. The summed E-state index contributed by atoms with van der Waals surface area (Å²) in [4.78, 5) is 24.5. The zero-order valence-electron chi connectivity index (χ0n) is 24.0. The predicted molar refractivity (Wildman–Crippen MR) is 169 cm³/mol. The number of nitrogens with one attached hydrogen (secondary N) is 1. The molecule has 0 spiro atoms. The molecular weight excluding hydrogens is 556 g/mol. The molecule has 4 aromatic carbocycles. The Labute approximate surface area is 253 Å². The van der Waals surface area contributed by atoms with Gasteiger partial charge in [-0.3, -0.25) is 0 Å². The summed E-state index contributed by atoms with van der Waals surface area (Å²) in [6, 6.07) is 28.9. The van der Waals surface area contributed by atoms with Crippen molar-refractivity contribution >= 4 is 40.5 Å². The summed E-state index contributed by atoms with van der Waals surface area (Å²) in [7, 11) is 0. The van der Waals surface area contributed by atoms with Gasteiger partial charge in [-0.15, -0.1) is 0 Å². The van der Waals surface area contributed by atoms with Gasteiger partial charge in [0.1, 0.15) is 0 Å². The van der Waals surface area contributed by atoms with Crippen LogP contribution in [0.5, 0.6) is 11.5 Å². The molecule has 2 aliphatic rings. The molecule has 0 unspecified atom stereocenters. The molecule has 0 bridgehead atoms. The van der Waals surface area contributed by atoms with Gasteiger partial charge in [0.05, 0.1) is 41.0 Å². The molecule has 0 amide bonds. The SMILES string of the molecule is CCOC(=O)c1ccc(NC2=Nc3ccccc3N3C2=Nc2c(c(C)nn2-c2ccccc2)[C@@H]3c2ccc(O)c(O)c2)cc1. The topological polar surface area (TPSA) is 125 Å². The number of ether oxygens (including phenoxy) is 1. The first kappa shape index (κ1) is 27.0. The normalized spacial score (nSPS) is 15.0. The zero-order valence-corrected chi connectivity index (χ0v) is 24.0. The van der Waals surface area contributed by atoms with Crippen molar-refractivity contribution in [1.29, 1.82) is 0 Å². The fourth-order valence-corrected chi connectivity index (χ4v) is 5.61. The van der Waals surface area contributed by atoms with E-state index in [2.05, 4.69) is 10.2 Å². The monoisotopic (exact) mass is 584 g/mol. The highest BCUT2D eigenvalue weighted by Crippen LogP contribution is 2.49. The van der Waals surface area contributed by atoms with Crippen molar-refractivity contribution < 1.29 is 19.7 Å². The van der Waals surface area contributed by atoms with E-state index >= 15 is 0 Å². The standard InChI is InChI=1S/C34H28N6O4/c1-3-44-34(43)21-13-16-23(17-14-21)35-31-33-37-32-29(20(2)38-40(32)24-9-5-4-6-10-24)30(22-15-18-27(41)28(42)19-22)39(33)26-12-8-7-11-25(26)36-31/h4-19,30,41-42H,3H2,1-2H3,(H,35,36)/t30-/m0/s1. The Hall–Kier alpha value is -5.90. The van der Waals surface area contributed by atoms with Crippen LogP contribution in [-0.2, 0) is 4.74 Å². The Morgan fingerprint density at radius 1 is 0.909 bits per heavy atom. The van der Waals surface area contributed by atoms with Gasteiger partial charge in [-0.25, -0.2) is 19.5 Å². The number of aryl methyl sites for hydroxylation is 1. The van der Waals surface area contributed by atoms with Gasteiger partial charge in [0.25, 0.3) is 0 Å². The maximum Gasteiger partial charge on any atom is 0.338 e. The lowest BCUT2D eigenvalue weighted by atomic mass is 9.93. The summed E-state index contributed by atoms with van der Waals surface area (Å²) in [6.07, 6.45) is 0. The Balaban J connectivity index is 1.42. The maximum atomic E-state index is 12.2. The lowest BCUT2D eigenvalue weighted by molar-refractivity contribution is 0.0526. The fraction of sp³-hybridized carbons (Fsp3) is 0.118. The van der Waals surface area contributed by atoms with Crippen molar-refractivity contribution in [2.45, 2.75) is 19.9 Å². The highest BCUT2D eigenvalue weighted by molar-refractivity contribution is 6.51. The van der Waals surface area contributed by atoms with E-state index in [0.717, 1.165) is 33.9 Å². The minimum Gasteiger partial charge on any atom is -0.504 e. The number of anilines is 2. The van der Waals surface area contributed by atoms with Gasteiger partial charge in [-0.2, -0.15) is 5.10 Å². The van der Waals surface area contributed by atoms with Gasteiger partial charge in [0, 0.05) is 11.3 Å². The van der Waals surface area contributed by atoms with Crippen molar-refractivity contribution in [3.8, 4) is 17.2 Å². The molecule has 10 heteroatoms. The number of hydrogen-bond acceptors (Lipinski definition) is 9. The molecule has 5 aromatic rings. The Kier molecular flexibility index (Phi) is 6.58. The van der Waals surface area contributed by atoms with Crippen molar-refractivity contribution in [2.75, 3.05) is 16.8 Å². The number of aromatic hydroxyl groups is 2. The molecule has 0 saturated heterocycles. The summed E-state index contributed by atoms with van der Waals surface area (Å²) in [5.74, 6) is 0.849. The highest BCUT2D eigenvalue weighted by atomic mass is 16.5. The number of aliphatic imine (C=N–C) groups is 2. The first-order valence-electron chi connectivity index (χ1n) is 14.2. The predicted octanol–water partition coefficient (Wildman–Crippen LogP) is 6.56. The summed E-state index contributed by atoms with van der Waals surface area (Å²) in [5.41, 5.74) is 5.91. The third kappa shape index (κ3) is 4.53. The molecule has 0 fully saturated rings. The Morgan fingerprint density at radius 3 is 2.41 bits per heavy atom. The second kappa shape index (κ2) is 10.7. The number of carbonyl (C=O) groups excluding carboxylic acids is 1. The molecular formula is C34H28N6O4. The molecule has 2 aliphatic heterocycles. The number of carbonyl (C=O) groups is 1. The third-order valence-electron chi connectivity index (χ3n) is 7.61. The van der Waals surface area contributed by atoms with Gasteiger partial charge in [-0.05, 0) is 80.1 Å². The van der Waals surface area contributed by atoms with E-state index in [-0.39, 0.29) is 17.5 Å². The molecule has 3 heterocycles. The summed E-state index contributed by atoms with van der Waals surface area (Å²) >= 11 is 0. The summed E-state index contributed by atoms with van der Waals surface area (Å²) < 4.78 is 6.94. The van der Waals surface area contributed by atoms with Crippen molar-refractivity contribution in [3.63, 3.8) is 0 Å². The van der Waals surface area contributed by atoms with Crippen LogP contribution in [0.4, 0.5) is 22.9 Å². The molecule has 44 heavy (non-hydrogen) atoms. The molecule has 10 nitrogen and oxygen atoms in total. The van der Waals surface area contributed by atoms with Crippen LogP contribution in [0.25, 0.3) is 5.69 Å². The smallest absolute Gasteiger partial charge is 0.338 e. The molecule has 0 saturated carbocycles. The van der Waals surface area contributed by atoms with Gasteiger partial charge in [0.15, 0.2) is 29.0 Å². The molecule has 218 valence electrons. The lowest BCUT2D eigenvalue weighted by Crippen LogP contribution is -2.46. The van der Waals surface area contributed by atoms with E-state index in [1.54, 1.807) is 43.3 Å². The average Bonchev–Trinajstić information content (AvgIpc) is 3.38. The maximum absolute atomic E-state index is 12.2. The number of para-hydroxylation sites is 3. The number of amidine groups is 2. The van der Waals surface area contributed by atoms with E-state index in [9.17, 15) is 15.0 Å². The van der Waals surface area contributed by atoms with Crippen LogP contribution in [0, 0.1) is 6.92 Å². The van der Waals surface area contributed by atoms with Crippen LogP contribution >= 0.6 is 0 Å². The Bertz CT molecular complexity index is 1960. The highest BCUT2D eigenvalue weighted by Gasteiger charge is 2.41. The van der Waals surface area contributed by atoms with Crippen LogP contribution in [0.3, 0.4) is 0 Å². The van der Waals surface area contributed by atoms with Gasteiger partial charge in [-0.1, -0.05) is 36.4 Å². The van der Waals surface area contributed by atoms with Crippen LogP contribution in [0.1, 0.15) is 40.1 Å². The number of rotatable bonds is 5. The first-order chi connectivity index (χ1) is 21.4. The molecule has 0 radical (unpaired) electrons. The second-order valence-corrected chi connectivity index (χ2v) is 10.4. The van der Waals surface area contributed by atoms with Crippen LogP contribution in [-0.4, -0.2) is 44.2 Å². The van der Waals surface area contributed by atoms with Crippen LogP contribution in [0.2, 0.25) is 0 Å². The number of hydrogen-bond donors (Lipinski definition) is 3. The van der Waals surface area contributed by atoms with E-state index < -0.39 is 6.04 Å². The van der Waals surface area contributed by atoms with Gasteiger partial charge >= 0.3 is 5.97 Å². The van der Waals surface area contributed by atoms with Gasteiger partial charge < -0.3 is 25.2 Å². The molecule has 1 aromatic heterocycles. The molecule has 7 rings (SSSR count). The van der Waals surface area contributed by atoms with Crippen molar-refractivity contribution in [2.24, 2.45) is 9.98 Å². The third-order valence-corrected chi connectivity index (χ3v) is 7.61. The molecule has 1 atom stereocenters.